The van der Waals surface area contributed by atoms with E-state index in [1.165, 1.54) is 0 Å². The molecular formula is C18H25NO3. The van der Waals surface area contributed by atoms with Crippen molar-refractivity contribution in [2.45, 2.75) is 26.3 Å². The summed E-state index contributed by atoms with van der Waals surface area (Å²) in [7, 11) is 0. The summed E-state index contributed by atoms with van der Waals surface area (Å²) in [5.74, 6) is 0.819. The molecule has 1 aliphatic heterocycles. The molecule has 0 N–H and O–H groups in total. The van der Waals surface area contributed by atoms with Gasteiger partial charge in [0.2, 0.25) is 0 Å². The number of benzene rings is 1. The topological polar surface area (TPSA) is 38.8 Å². The molecule has 0 radical (unpaired) electrons. The molecule has 4 heteroatoms. The number of likely N-dealkylation sites (tertiary alicyclic amines) is 1. The van der Waals surface area contributed by atoms with Crippen LogP contribution in [0.1, 0.15) is 25.3 Å². The fraction of sp³-hybridized carbons (Fsp3) is 0.500. The van der Waals surface area contributed by atoms with Gasteiger partial charge in [0.15, 0.2) is 0 Å². The first-order valence-corrected chi connectivity index (χ1v) is 7.95. The number of piperidine rings is 1. The number of rotatable bonds is 7. The maximum atomic E-state index is 11.9. The van der Waals surface area contributed by atoms with Gasteiger partial charge in [0.05, 0.1) is 12.5 Å². The SMILES string of the molecule is C=CCOc1ccccc1CN1CCCC(C(=O)OCC)C1. The van der Waals surface area contributed by atoms with Crippen molar-refractivity contribution >= 4 is 5.97 Å². The van der Waals surface area contributed by atoms with Crippen LogP contribution in [0.25, 0.3) is 0 Å². The first kappa shape index (κ1) is 16.6. The lowest BCUT2D eigenvalue weighted by molar-refractivity contribution is -0.150. The van der Waals surface area contributed by atoms with E-state index < -0.39 is 0 Å². The molecule has 1 saturated heterocycles. The fourth-order valence-corrected chi connectivity index (χ4v) is 2.82. The third kappa shape index (κ3) is 4.60. The van der Waals surface area contributed by atoms with Crippen molar-refractivity contribution in [1.29, 1.82) is 0 Å². The van der Waals surface area contributed by atoms with Gasteiger partial charge < -0.3 is 9.47 Å². The molecule has 1 heterocycles. The predicted molar refractivity (Wildman–Crippen MR) is 86.8 cm³/mol. The summed E-state index contributed by atoms with van der Waals surface area (Å²) in [6, 6.07) is 8.04. The zero-order valence-corrected chi connectivity index (χ0v) is 13.3. The molecule has 0 aromatic heterocycles. The minimum atomic E-state index is -0.0663. The number of hydrogen-bond acceptors (Lipinski definition) is 4. The molecule has 0 saturated carbocycles. The number of esters is 1. The second-order valence-electron chi connectivity index (χ2n) is 5.53. The quantitative estimate of drug-likeness (QED) is 0.573. The monoisotopic (exact) mass is 303 g/mol. The summed E-state index contributed by atoms with van der Waals surface area (Å²) in [6.45, 7) is 9.05. The van der Waals surface area contributed by atoms with E-state index in [0.717, 1.165) is 43.8 Å². The minimum Gasteiger partial charge on any atom is -0.489 e. The van der Waals surface area contributed by atoms with Crippen molar-refractivity contribution < 1.29 is 14.3 Å². The van der Waals surface area contributed by atoms with Crippen LogP contribution in [0.15, 0.2) is 36.9 Å². The Morgan fingerprint density at radius 1 is 1.45 bits per heavy atom. The van der Waals surface area contributed by atoms with Gasteiger partial charge in [-0.1, -0.05) is 30.9 Å². The van der Waals surface area contributed by atoms with Crippen LogP contribution in [0.5, 0.6) is 5.75 Å². The number of carbonyl (C=O) groups excluding carboxylic acids is 1. The minimum absolute atomic E-state index is 0.00467. The smallest absolute Gasteiger partial charge is 0.310 e. The van der Waals surface area contributed by atoms with Gasteiger partial charge >= 0.3 is 5.97 Å². The second kappa shape index (κ2) is 8.59. The zero-order chi connectivity index (χ0) is 15.8. The molecule has 4 nitrogen and oxygen atoms in total. The Bertz CT molecular complexity index is 501. The van der Waals surface area contributed by atoms with Gasteiger partial charge in [0.25, 0.3) is 0 Å². The molecule has 1 fully saturated rings. The molecule has 0 spiro atoms. The van der Waals surface area contributed by atoms with Crippen LogP contribution in [-0.4, -0.2) is 37.2 Å². The molecule has 1 aliphatic rings. The van der Waals surface area contributed by atoms with E-state index in [1.807, 2.05) is 25.1 Å². The van der Waals surface area contributed by atoms with Crippen molar-refractivity contribution in [1.82, 2.24) is 4.90 Å². The zero-order valence-electron chi connectivity index (χ0n) is 13.3. The summed E-state index contributed by atoms with van der Waals surface area (Å²) in [5.41, 5.74) is 1.15. The molecule has 1 atom stereocenters. The Kier molecular flexibility index (Phi) is 6.46. The summed E-state index contributed by atoms with van der Waals surface area (Å²) in [5, 5.41) is 0. The molecule has 0 bridgehead atoms. The van der Waals surface area contributed by atoms with Crippen LogP contribution in [0, 0.1) is 5.92 Å². The molecule has 1 aromatic carbocycles. The second-order valence-corrected chi connectivity index (χ2v) is 5.53. The Hall–Kier alpha value is -1.81. The lowest BCUT2D eigenvalue weighted by Gasteiger charge is -2.31. The average Bonchev–Trinajstić information content (AvgIpc) is 2.54. The van der Waals surface area contributed by atoms with Crippen LogP contribution < -0.4 is 4.74 Å². The molecule has 1 unspecified atom stereocenters. The third-order valence-electron chi connectivity index (χ3n) is 3.85. The van der Waals surface area contributed by atoms with Gasteiger partial charge in [-0.3, -0.25) is 9.69 Å². The lowest BCUT2D eigenvalue weighted by Crippen LogP contribution is -2.39. The highest BCUT2D eigenvalue weighted by atomic mass is 16.5. The number of ether oxygens (including phenoxy) is 2. The first-order valence-electron chi connectivity index (χ1n) is 7.95. The number of nitrogens with zero attached hydrogens (tertiary/aromatic N) is 1. The van der Waals surface area contributed by atoms with Gasteiger partial charge in [0.1, 0.15) is 12.4 Å². The fourth-order valence-electron chi connectivity index (χ4n) is 2.82. The van der Waals surface area contributed by atoms with Gasteiger partial charge in [-0.05, 0) is 32.4 Å². The third-order valence-corrected chi connectivity index (χ3v) is 3.85. The average molecular weight is 303 g/mol. The number of hydrogen-bond donors (Lipinski definition) is 0. The van der Waals surface area contributed by atoms with E-state index in [1.54, 1.807) is 6.08 Å². The van der Waals surface area contributed by atoms with Gasteiger partial charge in [0, 0.05) is 18.7 Å². The summed E-state index contributed by atoms with van der Waals surface area (Å²) < 4.78 is 10.9. The highest BCUT2D eigenvalue weighted by Gasteiger charge is 2.27. The van der Waals surface area contributed by atoms with Crippen molar-refractivity contribution in [2.24, 2.45) is 5.92 Å². The molecule has 1 aromatic rings. The van der Waals surface area contributed by atoms with Crippen LogP contribution >= 0.6 is 0 Å². The van der Waals surface area contributed by atoms with Crippen LogP contribution in [0.2, 0.25) is 0 Å². The summed E-state index contributed by atoms with van der Waals surface area (Å²) in [6.07, 6.45) is 3.69. The van der Waals surface area contributed by atoms with E-state index in [9.17, 15) is 4.79 Å². The van der Waals surface area contributed by atoms with E-state index in [0.29, 0.717) is 13.2 Å². The molecular weight excluding hydrogens is 278 g/mol. The van der Waals surface area contributed by atoms with Gasteiger partial charge in [-0.15, -0.1) is 0 Å². The maximum Gasteiger partial charge on any atom is 0.310 e. The largest absolute Gasteiger partial charge is 0.489 e. The van der Waals surface area contributed by atoms with E-state index in [-0.39, 0.29) is 11.9 Å². The Labute approximate surface area is 132 Å². The number of para-hydroxylation sites is 1. The molecule has 120 valence electrons. The summed E-state index contributed by atoms with van der Waals surface area (Å²) >= 11 is 0. The van der Waals surface area contributed by atoms with E-state index in [2.05, 4.69) is 17.5 Å². The lowest BCUT2D eigenvalue weighted by atomic mass is 9.97. The van der Waals surface area contributed by atoms with Crippen LogP contribution in [0.3, 0.4) is 0 Å². The first-order chi connectivity index (χ1) is 10.7. The Morgan fingerprint density at radius 2 is 2.27 bits per heavy atom. The highest BCUT2D eigenvalue weighted by Crippen LogP contribution is 2.24. The molecule has 22 heavy (non-hydrogen) atoms. The molecule has 0 amide bonds. The highest BCUT2D eigenvalue weighted by molar-refractivity contribution is 5.72. The molecule has 0 aliphatic carbocycles. The van der Waals surface area contributed by atoms with E-state index >= 15 is 0 Å². The van der Waals surface area contributed by atoms with E-state index in [4.69, 9.17) is 9.47 Å². The predicted octanol–water partition coefficient (Wildman–Crippen LogP) is 3.03. The Morgan fingerprint density at radius 3 is 3.05 bits per heavy atom. The molecule has 2 rings (SSSR count). The summed E-state index contributed by atoms with van der Waals surface area (Å²) in [4.78, 5) is 14.2. The van der Waals surface area contributed by atoms with Crippen LogP contribution in [0.4, 0.5) is 0 Å². The maximum absolute atomic E-state index is 11.9. The van der Waals surface area contributed by atoms with Crippen molar-refractivity contribution in [2.75, 3.05) is 26.3 Å². The normalized spacial score (nSPS) is 18.7. The van der Waals surface area contributed by atoms with Gasteiger partial charge in [-0.2, -0.15) is 0 Å². The standard InChI is InChI=1S/C18H25NO3/c1-3-12-22-17-10-6-5-8-15(17)13-19-11-7-9-16(14-19)18(20)21-4-2/h3,5-6,8,10,16H,1,4,7,9,11-14H2,2H3. The van der Waals surface area contributed by atoms with Gasteiger partial charge in [-0.25, -0.2) is 0 Å². The number of carbonyl (C=O) groups is 1. The van der Waals surface area contributed by atoms with Crippen molar-refractivity contribution in [3.63, 3.8) is 0 Å². The van der Waals surface area contributed by atoms with Crippen molar-refractivity contribution in [3.8, 4) is 5.75 Å². The Balaban J connectivity index is 1.98. The van der Waals surface area contributed by atoms with Crippen LogP contribution in [-0.2, 0) is 16.1 Å². The van der Waals surface area contributed by atoms with Crippen molar-refractivity contribution in [3.05, 3.63) is 42.5 Å².